The van der Waals surface area contributed by atoms with Gasteiger partial charge in [0.2, 0.25) is 0 Å². The smallest absolute Gasteiger partial charge is 0.0723 e. The van der Waals surface area contributed by atoms with Gasteiger partial charge in [-0.3, -0.25) is 4.90 Å². The average Bonchev–Trinajstić information content (AvgIpc) is 3.27. The molecule has 4 nitrogen and oxygen atoms in total. The number of rotatable bonds is 13. The first-order valence-electron chi connectivity index (χ1n) is 13.1. The van der Waals surface area contributed by atoms with E-state index in [1.807, 2.05) is 6.08 Å². The number of unbranched alkanes of at least 4 members (excludes halogenated alkanes) is 3. The summed E-state index contributed by atoms with van der Waals surface area (Å²) >= 11 is 0. The van der Waals surface area contributed by atoms with Gasteiger partial charge in [-0.25, -0.2) is 0 Å². The van der Waals surface area contributed by atoms with E-state index in [1.165, 1.54) is 51.5 Å². The zero-order valence-electron chi connectivity index (χ0n) is 20.1. The molecule has 6 atom stereocenters. The van der Waals surface area contributed by atoms with Crippen molar-refractivity contribution >= 4 is 0 Å². The second kappa shape index (κ2) is 13.1. The number of fused-ring (bicyclic) bond motifs is 1. The summed E-state index contributed by atoms with van der Waals surface area (Å²) in [4.78, 5) is 2.53. The summed E-state index contributed by atoms with van der Waals surface area (Å²) in [5.74, 6) is 1.84. The van der Waals surface area contributed by atoms with Crippen molar-refractivity contribution in [2.45, 2.75) is 90.3 Å². The molecule has 0 bridgehead atoms. The van der Waals surface area contributed by atoms with Gasteiger partial charge < -0.3 is 14.9 Å². The van der Waals surface area contributed by atoms with Crippen LogP contribution in [0.4, 0.5) is 0 Å². The van der Waals surface area contributed by atoms with Gasteiger partial charge in [0.25, 0.3) is 0 Å². The van der Waals surface area contributed by atoms with E-state index in [4.69, 9.17) is 4.74 Å². The molecule has 2 aliphatic carbocycles. The monoisotopic (exact) mass is 433 g/mol. The average molecular weight is 434 g/mol. The Kier molecular flexibility index (Phi) is 10.6. The number of nitrogens with zero attached hydrogens (tertiary/aromatic N) is 1. The largest absolute Gasteiger partial charge is 0.392 e. The van der Waals surface area contributed by atoms with Gasteiger partial charge in [0.05, 0.1) is 25.4 Å². The summed E-state index contributed by atoms with van der Waals surface area (Å²) in [7, 11) is 0. The fourth-order valence-corrected chi connectivity index (χ4v) is 5.90. The molecule has 1 saturated carbocycles. The molecule has 0 unspecified atom stereocenters. The van der Waals surface area contributed by atoms with E-state index in [2.05, 4.69) is 30.9 Å². The number of ether oxygens (including phenoxy) is 1. The molecule has 1 aliphatic heterocycles. The highest BCUT2D eigenvalue weighted by molar-refractivity contribution is 5.21. The van der Waals surface area contributed by atoms with Gasteiger partial charge >= 0.3 is 0 Å². The van der Waals surface area contributed by atoms with E-state index in [1.54, 1.807) is 5.57 Å². The molecule has 0 amide bonds. The first-order chi connectivity index (χ1) is 15.1. The molecule has 0 radical (unpaired) electrons. The fraction of sp³-hybridized carbons (Fsp3) is 0.852. The second-order valence-electron chi connectivity index (χ2n) is 10.4. The summed E-state index contributed by atoms with van der Waals surface area (Å²) < 4.78 is 5.42. The van der Waals surface area contributed by atoms with Gasteiger partial charge in [-0.15, -0.1) is 0 Å². The highest BCUT2D eigenvalue weighted by Gasteiger charge is 2.43. The molecule has 178 valence electrons. The first-order valence-corrected chi connectivity index (χ1v) is 13.1. The molecular weight excluding hydrogens is 386 g/mol. The molecule has 1 saturated heterocycles. The van der Waals surface area contributed by atoms with Crippen LogP contribution in [0.3, 0.4) is 0 Å². The number of allylic oxidation sites excluding steroid dienone is 2. The zero-order chi connectivity index (χ0) is 22.1. The van der Waals surface area contributed by atoms with Gasteiger partial charge in [0.15, 0.2) is 0 Å². The Morgan fingerprint density at radius 2 is 2.00 bits per heavy atom. The van der Waals surface area contributed by atoms with Crippen LogP contribution in [0.1, 0.15) is 78.1 Å². The molecule has 2 N–H and O–H groups in total. The van der Waals surface area contributed by atoms with Crippen LogP contribution in [0, 0.1) is 23.7 Å². The van der Waals surface area contributed by atoms with E-state index >= 15 is 0 Å². The van der Waals surface area contributed by atoms with E-state index in [0.29, 0.717) is 17.8 Å². The number of morpholine rings is 1. The molecular formula is C27H47NO3. The Hall–Kier alpha value is -0.680. The lowest BCUT2D eigenvalue weighted by atomic mass is 9.88. The lowest BCUT2D eigenvalue weighted by Gasteiger charge is -2.26. The van der Waals surface area contributed by atoms with Crippen molar-refractivity contribution in [3.8, 4) is 0 Å². The predicted molar refractivity (Wildman–Crippen MR) is 128 cm³/mol. The van der Waals surface area contributed by atoms with E-state index in [9.17, 15) is 10.2 Å². The number of aliphatic hydroxyl groups excluding tert-OH is 2. The molecule has 0 aromatic heterocycles. The Bertz CT molecular complexity index is 569. The summed E-state index contributed by atoms with van der Waals surface area (Å²) in [5.41, 5.74) is 1.61. The molecule has 0 aromatic rings. The van der Waals surface area contributed by atoms with Crippen LogP contribution in [0.5, 0.6) is 0 Å². The van der Waals surface area contributed by atoms with Crippen LogP contribution >= 0.6 is 0 Å². The normalized spacial score (nSPS) is 31.2. The van der Waals surface area contributed by atoms with Gasteiger partial charge in [-0.2, -0.15) is 0 Å². The van der Waals surface area contributed by atoms with Crippen molar-refractivity contribution in [1.82, 2.24) is 4.90 Å². The van der Waals surface area contributed by atoms with Crippen LogP contribution in [0.15, 0.2) is 23.8 Å². The van der Waals surface area contributed by atoms with E-state index in [-0.39, 0.29) is 18.1 Å². The molecule has 3 aliphatic rings. The Labute approximate surface area is 190 Å². The maximum Gasteiger partial charge on any atom is 0.0723 e. The van der Waals surface area contributed by atoms with Crippen molar-refractivity contribution < 1.29 is 14.9 Å². The van der Waals surface area contributed by atoms with Crippen molar-refractivity contribution in [3.05, 3.63) is 23.8 Å². The highest BCUT2D eigenvalue weighted by Crippen LogP contribution is 2.48. The van der Waals surface area contributed by atoms with Gasteiger partial charge in [-0.05, 0) is 62.8 Å². The standard InChI is InChI=1S/C27H47NO3/c1-3-4-8-21(2)17-24(29)10-11-25-26-19-22(18-23(26)20-27(25)30)9-6-5-7-12-28-13-15-31-16-14-28/h10-11,18,21,23-27,29-30H,3-9,12-17,19-20H2,1-2H3/t21-,23-,24+,25+,26-,27+/m0/s1. The summed E-state index contributed by atoms with van der Waals surface area (Å²) in [5, 5.41) is 21.0. The number of hydrogen-bond donors (Lipinski definition) is 2. The molecule has 0 aromatic carbocycles. The summed E-state index contributed by atoms with van der Waals surface area (Å²) in [6.45, 7) is 9.65. The van der Waals surface area contributed by atoms with E-state index in [0.717, 1.165) is 45.6 Å². The van der Waals surface area contributed by atoms with Crippen LogP contribution in [-0.2, 0) is 4.74 Å². The van der Waals surface area contributed by atoms with Crippen molar-refractivity contribution in [3.63, 3.8) is 0 Å². The zero-order valence-corrected chi connectivity index (χ0v) is 20.1. The van der Waals surface area contributed by atoms with Crippen LogP contribution in [0.25, 0.3) is 0 Å². The Morgan fingerprint density at radius 1 is 1.19 bits per heavy atom. The third-order valence-corrected chi connectivity index (χ3v) is 7.78. The van der Waals surface area contributed by atoms with Crippen molar-refractivity contribution in [2.75, 3.05) is 32.8 Å². The number of hydrogen-bond acceptors (Lipinski definition) is 4. The second-order valence-corrected chi connectivity index (χ2v) is 10.4. The predicted octanol–water partition coefficient (Wildman–Crippen LogP) is 4.96. The lowest BCUT2D eigenvalue weighted by molar-refractivity contribution is 0.0371. The summed E-state index contributed by atoms with van der Waals surface area (Å²) in [6, 6.07) is 0. The quantitative estimate of drug-likeness (QED) is 0.318. The first kappa shape index (κ1) is 25.0. The van der Waals surface area contributed by atoms with Crippen LogP contribution in [0.2, 0.25) is 0 Å². The number of aliphatic hydroxyl groups is 2. The van der Waals surface area contributed by atoms with Crippen molar-refractivity contribution in [1.29, 1.82) is 0 Å². The molecule has 1 heterocycles. The SMILES string of the molecule is CCCC[C@H](C)C[C@H](O)C=C[C@@H]1[C@H]2CC(CCCCCN3CCOCC3)=C[C@H]2C[C@H]1O. The fourth-order valence-electron chi connectivity index (χ4n) is 5.90. The Morgan fingerprint density at radius 3 is 2.77 bits per heavy atom. The molecule has 2 fully saturated rings. The van der Waals surface area contributed by atoms with Crippen LogP contribution in [-0.4, -0.2) is 60.2 Å². The molecule has 3 rings (SSSR count). The van der Waals surface area contributed by atoms with E-state index < -0.39 is 0 Å². The highest BCUT2D eigenvalue weighted by atomic mass is 16.5. The molecule has 4 heteroatoms. The van der Waals surface area contributed by atoms with Crippen molar-refractivity contribution in [2.24, 2.45) is 23.7 Å². The maximum absolute atomic E-state index is 10.6. The third-order valence-electron chi connectivity index (χ3n) is 7.78. The maximum atomic E-state index is 10.6. The third kappa shape index (κ3) is 7.99. The minimum Gasteiger partial charge on any atom is -0.392 e. The lowest BCUT2D eigenvalue weighted by Crippen LogP contribution is -2.36. The van der Waals surface area contributed by atoms with Gasteiger partial charge in [0, 0.05) is 19.0 Å². The van der Waals surface area contributed by atoms with Gasteiger partial charge in [0.1, 0.15) is 0 Å². The summed E-state index contributed by atoms with van der Waals surface area (Å²) in [6.07, 6.45) is 17.6. The minimum absolute atomic E-state index is 0.209. The Balaban J connectivity index is 1.35. The molecule has 0 spiro atoms. The minimum atomic E-state index is -0.376. The topological polar surface area (TPSA) is 52.9 Å². The van der Waals surface area contributed by atoms with Gasteiger partial charge in [-0.1, -0.05) is 63.3 Å². The molecule has 31 heavy (non-hydrogen) atoms. The van der Waals surface area contributed by atoms with Crippen LogP contribution < -0.4 is 0 Å².